The van der Waals surface area contributed by atoms with E-state index in [0.717, 1.165) is 33.4 Å². The molecule has 0 spiro atoms. The van der Waals surface area contributed by atoms with Crippen LogP contribution in [0.1, 0.15) is 47.2 Å². The van der Waals surface area contributed by atoms with Crippen molar-refractivity contribution in [2.45, 2.75) is 78.3 Å². The molecular weight excluding hydrogens is 743 g/mol. The number of halogens is 2. The van der Waals surface area contributed by atoms with E-state index in [4.69, 9.17) is 42.1 Å². The summed E-state index contributed by atoms with van der Waals surface area (Å²) < 4.78 is 22.9. The fraction of sp³-hybridized carbons (Fsp3) is 0.368. The predicted octanol–water partition coefficient (Wildman–Crippen LogP) is 5.09. The van der Waals surface area contributed by atoms with Crippen LogP contribution < -0.4 is 29.6 Å². The van der Waals surface area contributed by atoms with Gasteiger partial charge in [-0.3, -0.25) is 20.2 Å². The lowest BCUT2D eigenvalue weighted by Crippen LogP contribution is -2.44. The first-order valence-corrected chi connectivity index (χ1v) is 17.6. The van der Waals surface area contributed by atoms with Gasteiger partial charge in [0, 0.05) is 24.2 Å². The van der Waals surface area contributed by atoms with Gasteiger partial charge in [0.15, 0.2) is 0 Å². The standard InChI is InChI=1S/C38H44Cl2N4O10/c1-19-23(17-53-35-29(39)13-25(33(43-35)51-5)15-41-31(21(3)45)37(47)48)9-7-11-27(19)28-12-8-10-24(20(28)2)18-54-36-30(40)14-26(34(44-36)52-6)16-42-32(22(4)46)38(49)50/h7-14,21-22,31-32,41-42,45-46H,15-18H2,1-6H3,(H,47,48)(H,49,50)/t21-,22-,31+,32+/m1/s1. The Hall–Kier alpha value is -4.70. The number of carboxylic acids is 2. The van der Waals surface area contributed by atoms with Crippen LogP contribution in [0.3, 0.4) is 0 Å². The van der Waals surface area contributed by atoms with Crippen molar-refractivity contribution in [3.8, 4) is 34.6 Å². The summed E-state index contributed by atoms with van der Waals surface area (Å²) in [5.41, 5.74) is 6.66. The van der Waals surface area contributed by atoms with Gasteiger partial charge in [-0.2, -0.15) is 9.97 Å². The maximum absolute atomic E-state index is 11.5. The average Bonchev–Trinajstić information content (AvgIpc) is 3.11. The Morgan fingerprint density at radius 3 is 1.35 bits per heavy atom. The number of hydrogen-bond donors (Lipinski definition) is 6. The number of aliphatic carboxylic acids is 2. The van der Waals surface area contributed by atoms with Gasteiger partial charge in [0.1, 0.15) is 35.3 Å². The molecule has 2 aromatic carbocycles. The Morgan fingerprint density at radius 1 is 0.667 bits per heavy atom. The zero-order valence-electron chi connectivity index (χ0n) is 30.6. The third kappa shape index (κ3) is 10.3. The minimum atomic E-state index is -1.19. The lowest BCUT2D eigenvalue weighted by molar-refractivity contribution is -0.143. The SMILES string of the molecule is COc1nc(OCc2cccc(-c3cccc(COc4nc(OC)c(CN[C@H](C(=O)O)[C@@H](C)O)cc4Cl)c3C)c2C)c(Cl)cc1CN[C@H](C(=O)O)[C@@H](C)O. The highest BCUT2D eigenvalue weighted by atomic mass is 35.5. The van der Waals surface area contributed by atoms with Crippen LogP contribution in [0.25, 0.3) is 11.1 Å². The molecule has 0 radical (unpaired) electrons. The minimum absolute atomic E-state index is 0.0342. The lowest BCUT2D eigenvalue weighted by atomic mass is 9.92. The first-order valence-electron chi connectivity index (χ1n) is 16.8. The second kappa shape index (κ2) is 19.1. The Bertz CT molecular complexity index is 1820. The molecule has 0 saturated heterocycles. The van der Waals surface area contributed by atoms with Crippen molar-refractivity contribution in [2.24, 2.45) is 0 Å². The van der Waals surface area contributed by atoms with Crippen LogP contribution in [0.5, 0.6) is 23.5 Å². The van der Waals surface area contributed by atoms with Gasteiger partial charge in [-0.1, -0.05) is 59.6 Å². The lowest BCUT2D eigenvalue weighted by Gasteiger charge is -2.19. The van der Waals surface area contributed by atoms with E-state index < -0.39 is 36.2 Å². The van der Waals surface area contributed by atoms with Crippen LogP contribution >= 0.6 is 23.2 Å². The van der Waals surface area contributed by atoms with Gasteiger partial charge in [0.25, 0.3) is 0 Å². The molecular formula is C38H44Cl2N4O10. The van der Waals surface area contributed by atoms with E-state index in [9.17, 15) is 30.0 Å². The van der Waals surface area contributed by atoms with E-state index >= 15 is 0 Å². The molecule has 54 heavy (non-hydrogen) atoms. The smallest absolute Gasteiger partial charge is 0.323 e. The second-order valence-electron chi connectivity index (χ2n) is 12.5. The predicted molar refractivity (Wildman–Crippen MR) is 202 cm³/mol. The Labute approximate surface area is 323 Å². The Morgan fingerprint density at radius 2 is 1.04 bits per heavy atom. The Balaban J connectivity index is 1.49. The number of pyridine rings is 2. The maximum Gasteiger partial charge on any atom is 0.323 e. The van der Waals surface area contributed by atoms with E-state index in [2.05, 4.69) is 20.6 Å². The van der Waals surface area contributed by atoms with Crippen LogP contribution in [-0.4, -0.2) is 80.8 Å². The summed E-state index contributed by atoms with van der Waals surface area (Å²) in [6, 6.07) is 12.6. The van der Waals surface area contributed by atoms with Crippen molar-refractivity contribution in [3.63, 3.8) is 0 Å². The summed E-state index contributed by atoms with van der Waals surface area (Å²) in [4.78, 5) is 31.8. The second-order valence-corrected chi connectivity index (χ2v) is 13.3. The molecule has 290 valence electrons. The maximum atomic E-state index is 11.5. The van der Waals surface area contributed by atoms with Crippen LogP contribution in [0.2, 0.25) is 10.0 Å². The van der Waals surface area contributed by atoms with E-state index in [1.54, 1.807) is 12.1 Å². The molecule has 0 bridgehead atoms. The van der Waals surface area contributed by atoms with Gasteiger partial charge < -0.3 is 39.4 Å². The number of aliphatic hydroxyl groups excluding tert-OH is 2. The molecule has 0 aliphatic carbocycles. The number of nitrogens with one attached hydrogen (secondary N) is 2. The van der Waals surface area contributed by atoms with Crippen molar-refractivity contribution < 1.29 is 49.0 Å². The molecule has 0 fully saturated rings. The highest BCUT2D eigenvalue weighted by Crippen LogP contribution is 2.34. The molecule has 6 N–H and O–H groups in total. The van der Waals surface area contributed by atoms with Gasteiger partial charge >= 0.3 is 11.9 Å². The highest BCUT2D eigenvalue weighted by Gasteiger charge is 2.25. The van der Waals surface area contributed by atoms with E-state index in [1.165, 1.54) is 28.1 Å². The summed E-state index contributed by atoms with van der Waals surface area (Å²) in [7, 11) is 2.86. The number of hydrogen-bond acceptors (Lipinski definition) is 12. The van der Waals surface area contributed by atoms with Crippen molar-refractivity contribution in [1.29, 1.82) is 0 Å². The molecule has 14 nitrogen and oxygen atoms in total. The van der Waals surface area contributed by atoms with Crippen LogP contribution in [0.15, 0.2) is 48.5 Å². The fourth-order valence-corrected chi connectivity index (χ4v) is 6.18. The van der Waals surface area contributed by atoms with Gasteiger partial charge in [-0.15, -0.1) is 0 Å². The third-order valence-corrected chi connectivity index (χ3v) is 9.33. The number of aromatic nitrogens is 2. The largest absolute Gasteiger partial charge is 0.481 e. The monoisotopic (exact) mass is 786 g/mol. The fourth-order valence-electron chi connectivity index (χ4n) is 5.72. The summed E-state index contributed by atoms with van der Waals surface area (Å²) >= 11 is 13.1. The first-order chi connectivity index (χ1) is 25.7. The average molecular weight is 788 g/mol. The number of benzene rings is 2. The van der Waals surface area contributed by atoms with Crippen LogP contribution in [0.4, 0.5) is 0 Å². The summed E-state index contributed by atoms with van der Waals surface area (Å²) in [5.74, 6) is -1.72. The third-order valence-electron chi connectivity index (χ3n) is 8.79. The molecule has 16 heteroatoms. The summed E-state index contributed by atoms with van der Waals surface area (Å²) in [5, 5.41) is 44.3. The molecule has 4 atom stereocenters. The highest BCUT2D eigenvalue weighted by molar-refractivity contribution is 6.32. The molecule has 4 aromatic rings. The minimum Gasteiger partial charge on any atom is -0.481 e. The van der Waals surface area contributed by atoms with Crippen LogP contribution in [0, 0.1) is 13.8 Å². The normalized spacial score (nSPS) is 13.4. The number of carboxylic acid groups (broad SMARTS) is 2. The van der Waals surface area contributed by atoms with E-state index in [-0.39, 0.29) is 59.9 Å². The first kappa shape index (κ1) is 42.0. The number of rotatable bonds is 19. The van der Waals surface area contributed by atoms with Crippen LogP contribution in [-0.2, 0) is 35.9 Å². The van der Waals surface area contributed by atoms with Gasteiger partial charge in [0.2, 0.25) is 23.5 Å². The van der Waals surface area contributed by atoms with Crippen molar-refractivity contribution >= 4 is 35.1 Å². The van der Waals surface area contributed by atoms with Gasteiger partial charge in [-0.25, -0.2) is 0 Å². The number of carbonyl (C=O) groups is 2. The molecule has 2 aromatic heterocycles. The van der Waals surface area contributed by atoms with Crippen molar-refractivity contribution in [2.75, 3.05) is 14.2 Å². The molecule has 0 saturated carbocycles. The zero-order chi connectivity index (χ0) is 39.7. The van der Waals surface area contributed by atoms with Crippen molar-refractivity contribution in [1.82, 2.24) is 20.6 Å². The van der Waals surface area contributed by atoms with Gasteiger partial charge in [-0.05, 0) is 73.2 Å². The topological polar surface area (TPSA) is 202 Å². The molecule has 2 heterocycles. The molecule has 0 aliphatic rings. The van der Waals surface area contributed by atoms with E-state index in [1.807, 2.05) is 50.2 Å². The molecule has 0 unspecified atom stereocenters. The summed E-state index contributed by atoms with van der Waals surface area (Å²) in [6.07, 6.45) is -2.25. The quantitative estimate of drug-likeness (QED) is 0.0734. The molecule has 4 rings (SSSR count). The van der Waals surface area contributed by atoms with Gasteiger partial charge in [0.05, 0.1) is 26.4 Å². The molecule has 0 aliphatic heterocycles. The number of methoxy groups -OCH3 is 2. The number of ether oxygens (including phenoxy) is 4. The zero-order valence-corrected chi connectivity index (χ0v) is 32.2. The van der Waals surface area contributed by atoms with Crippen molar-refractivity contribution in [3.05, 3.63) is 92.0 Å². The van der Waals surface area contributed by atoms with E-state index in [0.29, 0.717) is 11.1 Å². The number of nitrogens with zero attached hydrogens (tertiary/aromatic N) is 2. The Kier molecular flexibility index (Phi) is 14.8. The number of aliphatic hydroxyl groups is 2. The molecule has 0 amide bonds. The summed E-state index contributed by atoms with van der Waals surface area (Å²) in [6.45, 7) is 7.11.